The Morgan fingerprint density at radius 1 is 1.27 bits per heavy atom. The molecule has 2 aliphatic heterocycles. The number of benzene rings is 1. The fourth-order valence-corrected chi connectivity index (χ4v) is 5.86. The standard InChI is InChI=1S/C21H23NO8.C2HF3O2/c1-22-7-6-20-16-10-2-3-11(23)17(16)30-18(20)13(4-5-21(20,28)14(22)8-10)29-15(25)9-12(24)19(26)27;3-2(4,5)1(6)7/h2-4,12,14,18,23-24,28H,5-9H2,1H3,(H,26,27);(H,6,7)/t12-,14-,18+,20+,21-;/m1./s1. The van der Waals surface area contributed by atoms with Crippen LogP contribution in [0.3, 0.4) is 0 Å². The Labute approximate surface area is 207 Å². The van der Waals surface area contributed by atoms with Crippen LogP contribution in [0.4, 0.5) is 13.2 Å². The fraction of sp³-hybridized carbons (Fsp3) is 0.522. The van der Waals surface area contributed by atoms with Gasteiger partial charge in [0.05, 0.1) is 17.4 Å². The van der Waals surface area contributed by atoms with E-state index in [9.17, 15) is 38.1 Å². The van der Waals surface area contributed by atoms with Crippen molar-refractivity contribution in [2.45, 2.75) is 61.1 Å². The summed E-state index contributed by atoms with van der Waals surface area (Å²) < 4.78 is 43.3. The van der Waals surface area contributed by atoms with Crippen molar-refractivity contribution in [1.82, 2.24) is 4.90 Å². The van der Waals surface area contributed by atoms with Gasteiger partial charge in [0.2, 0.25) is 0 Å². The van der Waals surface area contributed by atoms with E-state index in [1.807, 2.05) is 13.1 Å². The van der Waals surface area contributed by atoms with Crippen molar-refractivity contribution >= 4 is 17.9 Å². The van der Waals surface area contributed by atoms with Gasteiger partial charge in [-0.25, -0.2) is 9.59 Å². The molecule has 1 fully saturated rings. The topological polar surface area (TPSA) is 174 Å². The molecule has 0 unspecified atom stereocenters. The van der Waals surface area contributed by atoms with Crippen LogP contribution < -0.4 is 4.74 Å². The summed E-state index contributed by atoms with van der Waals surface area (Å²) in [5.74, 6) is -4.73. The summed E-state index contributed by atoms with van der Waals surface area (Å²) in [6.07, 6.45) is -5.50. The van der Waals surface area contributed by atoms with Crippen LogP contribution in [0.5, 0.6) is 11.5 Å². The van der Waals surface area contributed by atoms with Crippen molar-refractivity contribution in [3.05, 3.63) is 35.1 Å². The summed E-state index contributed by atoms with van der Waals surface area (Å²) in [5.41, 5.74) is -0.304. The first-order valence-electron chi connectivity index (χ1n) is 11.2. The number of phenolic OH excluding ortho intramolecular Hbond substituents is 1. The minimum atomic E-state index is -5.08. The molecule has 11 nitrogen and oxygen atoms in total. The molecule has 1 spiro atoms. The summed E-state index contributed by atoms with van der Waals surface area (Å²) >= 11 is 0. The number of esters is 1. The maximum atomic E-state index is 12.3. The Kier molecular flexibility index (Phi) is 6.41. The number of phenols is 1. The lowest BCUT2D eigenvalue weighted by molar-refractivity contribution is -0.192. The number of likely N-dealkylation sites (N-methyl/N-ethyl adjacent to an activating group) is 1. The second kappa shape index (κ2) is 8.89. The first kappa shape index (κ1) is 26.7. The van der Waals surface area contributed by atoms with E-state index in [0.29, 0.717) is 25.1 Å². The number of rotatable bonds is 4. The average Bonchev–Trinajstić information content (AvgIpc) is 3.15. The summed E-state index contributed by atoms with van der Waals surface area (Å²) in [5, 5.41) is 47.8. The number of aliphatic hydroxyl groups is 2. The van der Waals surface area contributed by atoms with E-state index in [2.05, 4.69) is 4.90 Å². The minimum absolute atomic E-state index is 0.0378. The molecule has 14 heteroatoms. The number of aromatic hydroxyl groups is 1. The van der Waals surface area contributed by atoms with E-state index in [-0.39, 0.29) is 24.0 Å². The van der Waals surface area contributed by atoms with Crippen molar-refractivity contribution < 1.29 is 62.6 Å². The Morgan fingerprint density at radius 2 is 1.92 bits per heavy atom. The van der Waals surface area contributed by atoms with Gasteiger partial charge in [-0.15, -0.1) is 0 Å². The minimum Gasteiger partial charge on any atom is -0.504 e. The molecule has 5 rings (SSSR count). The normalized spacial score (nSPS) is 30.1. The second-order valence-corrected chi connectivity index (χ2v) is 9.44. The van der Waals surface area contributed by atoms with Crippen molar-refractivity contribution in [1.29, 1.82) is 0 Å². The monoisotopic (exact) mass is 531 g/mol. The van der Waals surface area contributed by atoms with Gasteiger partial charge in [-0.2, -0.15) is 13.2 Å². The number of likely N-dealkylation sites (tertiary alicyclic amines) is 1. The van der Waals surface area contributed by atoms with E-state index in [0.717, 1.165) is 11.1 Å². The van der Waals surface area contributed by atoms with E-state index >= 15 is 0 Å². The SMILES string of the molecule is CN1CC[C@]23c4c5ccc(O)c4O[C@H]2C(OC(=O)C[C@@H](O)C(=O)O)=CC[C@@]3(O)[C@H]1C5.O=C(O)C(F)(F)F. The van der Waals surface area contributed by atoms with E-state index in [1.165, 1.54) is 0 Å². The highest BCUT2D eigenvalue weighted by Gasteiger charge is 2.72. The van der Waals surface area contributed by atoms with Gasteiger partial charge in [0.1, 0.15) is 5.76 Å². The van der Waals surface area contributed by atoms with E-state index in [4.69, 9.17) is 24.5 Å². The number of ether oxygens (including phenoxy) is 2. The van der Waals surface area contributed by atoms with Gasteiger partial charge < -0.3 is 39.9 Å². The molecular weight excluding hydrogens is 507 g/mol. The van der Waals surface area contributed by atoms with Gasteiger partial charge in [0.25, 0.3) is 0 Å². The number of hydrogen-bond donors (Lipinski definition) is 5. The number of aliphatic hydroxyl groups excluding tert-OH is 1. The number of halogens is 3. The number of hydrogen-bond acceptors (Lipinski definition) is 9. The molecule has 0 aromatic heterocycles. The maximum absolute atomic E-state index is 12.3. The van der Waals surface area contributed by atoms with Crippen LogP contribution in [0.1, 0.15) is 30.4 Å². The van der Waals surface area contributed by atoms with Crippen LogP contribution in [-0.4, -0.2) is 92.0 Å². The molecular formula is C23H24F3NO10. The molecule has 1 aromatic carbocycles. The Morgan fingerprint density at radius 3 is 2.51 bits per heavy atom. The van der Waals surface area contributed by atoms with Crippen LogP contribution in [-0.2, 0) is 31.0 Å². The summed E-state index contributed by atoms with van der Waals surface area (Å²) in [7, 11) is 1.97. The third-order valence-electron chi connectivity index (χ3n) is 7.47. The highest BCUT2D eigenvalue weighted by Crippen LogP contribution is 2.65. The van der Waals surface area contributed by atoms with E-state index in [1.54, 1.807) is 12.1 Å². The number of carbonyl (C=O) groups is 3. The number of aliphatic carboxylic acids is 2. The molecule has 4 aliphatic rings. The van der Waals surface area contributed by atoms with Gasteiger partial charge in [-0.1, -0.05) is 6.07 Å². The quantitative estimate of drug-likeness (QED) is 0.346. The van der Waals surface area contributed by atoms with Gasteiger partial charge in [0.15, 0.2) is 23.7 Å². The molecule has 0 amide bonds. The molecule has 37 heavy (non-hydrogen) atoms. The zero-order valence-electron chi connectivity index (χ0n) is 19.4. The van der Waals surface area contributed by atoms with Gasteiger partial charge in [0, 0.05) is 18.0 Å². The second-order valence-electron chi connectivity index (χ2n) is 9.44. The predicted octanol–water partition coefficient (Wildman–Crippen LogP) is 0.682. The number of carboxylic acids is 2. The largest absolute Gasteiger partial charge is 0.504 e. The first-order valence-corrected chi connectivity index (χ1v) is 11.2. The maximum Gasteiger partial charge on any atom is 0.490 e. The molecule has 1 aromatic rings. The highest BCUT2D eigenvalue weighted by molar-refractivity contribution is 5.81. The van der Waals surface area contributed by atoms with Crippen LogP contribution in [0.15, 0.2) is 24.0 Å². The number of carbonyl (C=O) groups excluding carboxylic acids is 1. The van der Waals surface area contributed by atoms with Crippen molar-refractivity contribution in [3.8, 4) is 11.5 Å². The van der Waals surface area contributed by atoms with Gasteiger partial charge >= 0.3 is 24.1 Å². The fourth-order valence-electron chi connectivity index (χ4n) is 5.86. The molecule has 2 aliphatic carbocycles. The smallest absolute Gasteiger partial charge is 0.490 e. The lowest BCUT2D eigenvalue weighted by Crippen LogP contribution is -2.74. The summed E-state index contributed by atoms with van der Waals surface area (Å²) in [4.78, 5) is 34.1. The lowest BCUT2D eigenvalue weighted by atomic mass is 9.50. The Bertz CT molecular complexity index is 1180. The summed E-state index contributed by atoms with van der Waals surface area (Å²) in [6.45, 7) is 0.695. The third kappa shape index (κ3) is 4.08. The van der Waals surface area contributed by atoms with Crippen molar-refractivity contribution in [2.24, 2.45) is 0 Å². The highest BCUT2D eigenvalue weighted by atomic mass is 19.4. The zero-order valence-corrected chi connectivity index (χ0v) is 19.4. The molecule has 0 saturated carbocycles. The molecule has 2 heterocycles. The van der Waals surface area contributed by atoms with Gasteiger partial charge in [-0.3, -0.25) is 4.79 Å². The van der Waals surface area contributed by atoms with Crippen LogP contribution in [0, 0.1) is 0 Å². The Balaban J connectivity index is 0.000000405. The number of alkyl halides is 3. The van der Waals surface area contributed by atoms with Crippen LogP contribution in [0.25, 0.3) is 0 Å². The van der Waals surface area contributed by atoms with Gasteiger partial charge in [-0.05, 0) is 44.1 Å². The number of carboxylic acid groups (broad SMARTS) is 2. The summed E-state index contributed by atoms with van der Waals surface area (Å²) in [6, 6.07) is 3.25. The zero-order chi connectivity index (χ0) is 27.5. The van der Waals surface area contributed by atoms with Crippen molar-refractivity contribution in [2.75, 3.05) is 13.6 Å². The molecule has 202 valence electrons. The molecule has 1 saturated heterocycles. The van der Waals surface area contributed by atoms with E-state index < -0.39 is 53.7 Å². The molecule has 2 bridgehead atoms. The Hall–Kier alpha value is -3.36. The molecule has 5 atom stereocenters. The van der Waals surface area contributed by atoms with Crippen LogP contribution in [0.2, 0.25) is 0 Å². The lowest BCUT2D eigenvalue weighted by Gasteiger charge is -2.61. The molecule has 5 N–H and O–H groups in total. The number of piperidine rings is 1. The third-order valence-corrected chi connectivity index (χ3v) is 7.47. The van der Waals surface area contributed by atoms with Crippen LogP contribution >= 0.6 is 0 Å². The number of nitrogens with zero attached hydrogens (tertiary/aromatic N) is 1. The predicted molar refractivity (Wildman–Crippen MR) is 115 cm³/mol. The first-order chi connectivity index (χ1) is 17.1. The molecule has 0 radical (unpaired) electrons. The average molecular weight is 531 g/mol. The van der Waals surface area contributed by atoms with Crippen molar-refractivity contribution in [3.63, 3.8) is 0 Å².